The zero-order valence-electron chi connectivity index (χ0n) is 12.2. The first-order chi connectivity index (χ1) is 10.7. The van der Waals surface area contributed by atoms with Crippen molar-refractivity contribution in [1.29, 1.82) is 0 Å². The van der Waals surface area contributed by atoms with Crippen molar-refractivity contribution in [1.82, 2.24) is 20.4 Å². The molecule has 9 heteroatoms. The van der Waals surface area contributed by atoms with Gasteiger partial charge in [-0.15, -0.1) is 15.3 Å². The molecule has 0 unspecified atom stereocenters. The second kappa shape index (κ2) is 6.65. The van der Waals surface area contributed by atoms with E-state index >= 15 is 0 Å². The lowest BCUT2D eigenvalue weighted by molar-refractivity contribution is -0.115. The van der Waals surface area contributed by atoms with Crippen molar-refractivity contribution in [3.8, 4) is 0 Å². The maximum atomic E-state index is 11.3. The highest BCUT2D eigenvalue weighted by Crippen LogP contribution is 2.24. The van der Waals surface area contributed by atoms with Gasteiger partial charge in [0.15, 0.2) is 5.82 Å². The van der Waals surface area contributed by atoms with E-state index < -0.39 is 0 Å². The summed E-state index contributed by atoms with van der Waals surface area (Å²) < 4.78 is 0. The van der Waals surface area contributed by atoms with E-state index in [0.29, 0.717) is 11.6 Å². The monoisotopic (exact) mass is 319 g/mol. The van der Waals surface area contributed by atoms with Crippen LogP contribution in [-0.2, 0) is 4.79 Å². The lowest BCUT2D eigenvalue weighted by Crippen LogP contribution is -2.26. The molecule has 0 aliphatic carbocycles. The number of nitrogens with zero attached hydrogens (tertiary/aromatic N) is 5. The number of nitrogens with one attached hydrogen (secondary N) is 2. The summed E-state index contributed by atoms with van der Waals surface area (Å²) in [5.74, 6) is 0.831. The van der Waals surface area contributed by atoms with Crippen LogP contribution >= 0.6 is 11.3 Å². The van der Waals surface area contributed by atoms with Crippen LogP contribution in [0.2, 0.25) is 0 Å². The molecule has 2 aromatic heterocycles. The van der Waals surface area contributed by atoms with Gasteiger partial charge in [-0.2, -0.15) is 5.10 Å². The van der Waals surface area contributed by atoms with E-state index in [1.165, 1.54) is 11.3 Å². The SMILES string of the molecule is CCC(=O)Nc1nnc(N[C@@H]2CCN(c3cccnn3)C2)s1. The van der Waals surface area contributed by atoms with Gasteiger partial charge in [-0.3, -0.25) is 4.79 Å². The second-order valence-corrected chi connectivity index (χ2v) is 5.95. The maximum absolute atomic E-state index is 11.3. The van der Waals surface area contributed by atoms with E-state index in [1.54, 1.807) is 13.1 Å². The molecule has 1 atom stereocenters. The Balaban J connectivity index is 1.55. The zero-order valence-corrected chi connectivity index (χ0v) is 13.0. The van der Waals surface area contributed by atoms with Crippen LogP contribution < -0.4 is 15.5 Å². The molecule has 1 amide bonds. The molecular weight excluding hydrogens is 302 g/mol. The summed E-state index contributed by atoms with van der Waals surface area (Å²) in [6.45, 7) is 3.57. The topological polar surface area (TPSA) is 95.9 Å². The van der Waals surface area contributed by atoms with E-state index in [-0.39, 0.29) is 11.9 Å². The fraction of sp³-hybridized carbons (Fsp3) is 0.462. The van der Waals surface area contributed by atoms with Crippen LogP contribution in [0, 0.1) is 0 Å². The van der Waals surface area contributed by atoms with Crippen LogP contribution in [0.25, 0.3) is 0 Å². The molecule has 3 heterocycles. The van der Waals surface area contributed by atoms with Gasteiger partial charge in [-0.1, -0.05) is 18.3 Å². The minimum absolute atomic E-state index is 0.0580. The Morgan fingerprint density at radius 2 is 2.27 bits per heavy atom. The third-order valence-electron chi connectivity index (χ3n) is 3.39. The summed E-state index contributed by atoms with van der Waals surface area (Å²) in [4.78, 5) is 13.5. The van der Waals surface area contributed by atoms with Crippen LogP contribution in [-0.4, -0.2) is 45.4 Å². The van der Waals surface area contributed by atoms with Gasteiger partial charge in [0.2, 0.25) is 16.2 Å². The Morgan fingerprint density at radius 1 is 1.41 bits per heavy atom. The third kappa shape index (κ3) is 3.48. The molecule has 22 heavy (non-hydrogen) atoms. The highest BCUT2D eigenvalue weighted by Gasteiger charge is 2.24. The Labute approximate surface area is 132 Å². The molecule has 0 saturated carbocycles. The number of amides is 1. The van der Waals surface area contributed by atoms with Crippen molar-refractivity contribution in [3.05, 3.63) is 18.3 Å². The number of carbonyl (C=O) groups excluding carboxylic acids is 1. The zero-order chi connectivity index (χ0) is 15.4. The first kappa shape index (κ1) is 14.6. The number of hydrogen-bond donors (Lipinski definition) is 2. The van der Waals surface area contributed by atoms with Gasteiger partial charge in [-0.05, 0) is 18.6 Å². The highest BCUT2D eigenvalue weighted by atomic mass is 32.1. The molecule has 2 aromatic rings. The number of hydrogen-bond acceptors (Lipinski definition) is 8. The lowest BCUT2D eigenvalue weighted by atomic mass is 10.3. The van der Waals surface area contributed by atoms with Crippen molar-refractivity contribution in [2.75, 3.05) is 28.6 Å². The Bertz CT molecular complexity index is 632. The van der Waals surface area contributed by atoms with E-state index in [1.807, 2.05) is 12.1 Å². The summed E-state index contributed by atoms with van der Waals surface area (Å²) in [5.41, 5.74) is 0. The molecule has 0 spiro atoms. The van der Waals surface area contributed by atoms with E-state index in [9.17, 15) is 4.79 Å². The minimum Gasteiger partial charge on any atom is -0.355 e. The second-order valence-electron chi connectivity index (χ2n) is 4.97. The number of anilines is 3. The summed E-state index contributed by atoms with van der Waals surface area (Å²) in [6.07, 6.45) is 3.09. The Hall–Kier alpha value is -2.29. The molecule has 0 aromatic carbocycles. The van der Waals surface area contributed by atoms with Crippen LogP contribution in [0.4, 0.5) is 16.1 Å². The maximum Gasteiger partial charge on any atom is 0.225 e. The average molecular weight is 319 g/mol. The van der Waals surface area contributed by atoms with Gasteiger partial charge >= 0.3 is 0 Å². The van der Waals surface area contributed by atoms with Gasteiger partial charge in [-0.25, -0.2) is 0 Å². The minimum atomic E-state index is -0.0580. The molecule has 3 rings (SSSR count). The van der Waals surface area contributed by atoms with E-state index in [2.05, 4.69) is 35.9 Å². The molecule has 1 aliphatic rings. The van der Waals surface area contributed by atoms with Crippen LogP contribution in [0.15, 0.2) is 18.3 Å². The van der Waals surface area contributed by atoms with E-state index in [0.717, 1.165) is 30.5 Å². The van der Waals surface area contributed by atoms with Crippen molar-refractivity contribution in [3.63, 3.8) is 0 Å². The largest absolute Gasteiger partial charge is 0.355 e. The quantitative estimate of drug-likeness (QED) is 0.859. The van der Waals surface area contributed by atoms with E-state index in [4.69, 9.17) is 0 Å². The van der Waals surface area contributed by atoms with Crippen LogP contribution in [0.3, 0.4) is 0 Å². The number of aromatic nitrogens is 4. The standard InChI is InChI=1S/C13H17N7OS/c1-2-11(21)16-13-19-18-12(22-13)15-9-5-7-20(8-9)10-4-3-6-14-17-10/h3-4,6,9H,2,5,7-8H2,1H3,(H,15,18)(H,16,19,21)/t9-/m1/s1. The van der Waals surface area contributed by atoms with Crippen molar-refractivity contribution in [2.24, 2.45) is 0 Å². The predicted octanol–water partition coefficient (Wildman–Crippen LogP) is 1.37. The molecule has 1 saturated heterocycles. The fourth-order valence-electron chi connectivity index (χ4n) is 2.26. The number of rotatable bonds is 5. The summed E-state index contributed by atoms with van der Waals surface area (Å²) in [5, 5.41) is 23.4. The van der Waals surface area contributed by atoms with Crippen molar-refractivity contribution in [2.45, 2.75) is 25.8 Å². The first-order valence-electron chi connectivity index (χ1n) is 7.17. The van der Waals surface area contributed by atoms with Crippen molar-refractivity contribution >= 4 is 33.3 Å². The normalized spacial score (nSPS) is 17.5. The van der Waals surface area contributed by atoms with Gasteiger partial charge in [0.1, 0.15) is 0 Å². The van der Waals surface area contributed by atoms with Gasteiger partial charge in [0.25, 0.3) is 0 Å². The lowest BCUT2D eigenvalue weighted by Gasteiger charge is -2.16. The summed E-state index contributed by atoms with van der Waals surface area (Å²) >= 11 is 1.35. The summed E-state index contributed by atoms with van der Waals surface area (Å²) in [7, 11) is 0. The molecule has 1 fully saturated rings. The Kier molecular flexibility index (Phi) is 4.42. The first-order valence-corrected chi connectivity index (χ1v) is 7.99. The molecule has 2 N–H and O–H groups in total. The molecular formula is C13H17N7OS. The fourth-order valence-corrected chi connectivity index (χ4v) is 3.00. The smallest absolute Gasteiger partial charge is 0.225 e. The predicted molar refractivity (Wildman–Crippen MR) is 85.1 cm³/mol. The molecule has 0 radical (unpaired) electrons. The average Bonchev–Trinajstić information content (AvgIpc) is 3.18. The van der Waals surface area contributed by atoms with Crippen LogP contribution in [0.5, 0.6) is 0 Å². The molecule has 116 valence electrons. The van der Waals surface area contributed by atoms with Gasteiger partial charge in [0.05, 0.1) is 0 Å². The van der Waals surface area contributed by atoms with Crippen molar-refractivity contribution < 1.29 is 4.79 Å². The number of carbonyl (C=O) groups is 1. The summed E-state index contributed by atoms with van der Waals surface area (Å²) in [6, 6.07) is 4.12. The molecule has 1 aliphatic heterocycles. The Morgan fingerprint density at radius 3 is 3.05 bits per heavy atom. The third-order valence-corrected chi connectivity index (χ3v) is 4.16. The molecule has 8 nitrogen and oxygen atoms in total. The molecule has 0 bridgehead atoms. The van der Waals surface area contributed by atoms with Gasteiger partial charge < -0.3 is 15.5 Å². The van der Waals surface area contributed by atoms with Gasteiger partial charge in [0, 0.05) is 31.7 Å². The highest BCUT2D eigenvalue weighted by molar-refractivity contribution is 7.19. The van der Waals surface area contributed by atoms with Crippen LogP contribution in [0.1, 0.15) is 19.8 Å².